The monoisotopic (exact) mass is 438 g/mol. The van der Waals surface area contributed by atoms with E-state index >= 15 is 0 Å². The summed E-state index contributed by atoms with van der Waals surface area (Å²) in [6.45, 7) is -0.201. The highest BCUT2D eigenvalue weighted by atomic mass is 19.2. The van der Waals surface area contributed by atoms with Gasteiger partial charge in [0, 0.05) is 0 Å². The molecule has 1 aromatic rings. The van der Waals surface area contributed by atoms with Crippen molar-refractivity contribution in [1.29, 1.82) is 0 Å². The Balaban J connectivity index is 1.30. The fourth-order valence-corrected chi connectivity index (χ4v) is 5.59. The van der Waals surface area contributed by atoms with E-state index in [0.29, 0.717) is 12.0 Å². The summed E-state index contributed by atoms with van der Waals surface area (Å²) >= 11 is 0. The lowest BCUT2D eigenvalue weighted by atomic mass is 9.74. The average molecular weight is 439 g/mol. The fourth-order valence-electron chi connectivity index (χ4n) is 5.59. The van der Waals surface area contributed by atoms with E-state index in [1.165, 1.54) is 57.1 Å². The predicted molar refractivity (Wildman–Crippen MR) is 119 cm³/mol. The van der Waals surface area contributed by atoms with E-state index in [2.05, 4.69) is 12.2 Å². The molecule has 0 aromatic heterocycles. The van der Waals surface area contributed by atoms with Gasteiger partial charge < -0.3 is 0 Å². The molecule has 0 atom stereocenters. The van der Waals surface area contributed by atoms with E-state index in [0.717, 1.165) is 56.3 Å². The first-order valence-corrected chi connectivity index (χ1v) is 12.4. The van der Waals surface area contributed by atoms with Gasteiger partial charge in [0.2, 0.25) is 0 Å². The lowest BCUT2D eigenvalue weighted by molar-refractivity contribution is 0.231. The van der Waals surface area contributed by atoms with Gasteiger partial charge in [0.1, 0.15) is 0 Å². The van der Waals surface area contributed by atoms with Crippen molar-refractivity contribution in [2.45, 2.75) is 95.8 Å². The summed E-state index contributed by atoms with van der Waals surface area (Å²) in [6, 6.07) is 2.36. The molecule has 2 saturated carbocycles. The second-order valence-corrected chi connectivity index (χ2v) is 9.87. The van der Waals surface area contributed by atoms with Crippen LogP contribution in [0.2, 0.25) is 0 Å². The van der Waals surface area contributed by atoms with E-state index in [9.17, 15) is 17.6 Å². The molecule has 31 heavy (non-hydrogen) atoms. The van der Waals surface area contributed by atoms with Crippen molar-refractivity contribution in [1.82, 2.24) is 0 Å². The van der Waals surface area contributed by atoms with Crippen LogP contribution in [0.1, 0.15) is 101 Å². The van der Waals surface area contributed by atoms with Crippen LogP contribution in [0.5, 0.6) is 0 Å². The SMILES string of the molecule is FCCCCC=CC[C@H]1CC[C@H](CC[C@H]2CC[C@H](c3cc(F)c(F)c(F)c3)CC2)CC1. The van der Waals surface area contributed by atoms with Gasteiger partial charge in [-0.15, -0.1) is 0 Å². The van der Waals surface area contributed by atoms with Crippen LogP contribution in [0.4, 0.5) is 17.6 Å². The summed E-state index contributed by atoms with van der Waals surface area (Å²) < 4.78 is 52.3. The highest BCUT2D eigenvalue weighted by molar-refractivity contribution is 5.23. The Kier molecular flexibility index (Phi) is 9.93. The van der Waals surface area contributed by atoms with Crippen LogP contribution in [0.15, 0.2) is 24.3 Å². The first kappa shape index (κ1) is 24.3. The molecule has 174 valence electrons. The third kappa shape index (κ3) is 7.64. The van der Waals surface area contributed by atoms with Crippen LogP contribution < -0.4 is 0 Å². The first-order valence-electron chi connectivity index (χ1n) is 12.4. The highest BCUT2D eigenvalue weighted by Crippen LogP contribution is 2.40. The number of allylic oxidation sites excluding steroid dienone is 2. The van der Waals surface area contributed by atoms with E-state index in [1.807, 2.05) is 0 Å². The zero-order valence-electron chi connectivity index (χ0n) is 18.7. The maximum Gasteiger partial charge on any atom is 0.194 e. The van der Waals surface area contributed by atoms with Gasteiger partial charge in [-0.3, -0.25) is 4.39 Å². The van der Waals surface area contributed by atoms with Gasteiger partial charge in [0.25, 0.3) is 0 Å². The molecule has 1 aromatic carbocycles. The lowest BCUT2D eigenvalue weighted by Crippen LogP contribution is -2.18. The summed E-state index contributed by atoms with van der Waals surface area (Å²) in [5.74, 6) is -0.960. The number of benzene rings is 1. The molecule has 2 fully saturated rings. The van der Waals surface area contributed by atoms with Crippen molar-refractivity contribution in [3.63, 3.8) is 0 Å². The number of hydrogen-bond acceptors (Lipinski definition) is 0. The van der Waals surface area contributed by atoms with Crippen LogP contribution in [-0.4, -0.2) is 6.67 Å². The number of alkyl halides is 1. The molecule has 4 heteroatoms. The Morgan fingerprint density at radius 2 is 1.26 bits per heavy atom. The molecule has 0 radical (unpaired) electrons. The van der Waals surface area contributed by atoms with Crippen LogP contribution in [0, 0.1) is 35.2 Å². The lowest BCUT2D eigenvalue weighted by Gasteiger charge is -2.32. The van der Waals surface area contributed by atoms with Crippen molar-refractivity contribution in [3.05, 3.63) is 47.3 Å². The second kappa shape index (κ2) is 12.6. The number of halogens is 4. The van der Waals surface area contributed by atoms with E-state index in [1.54, 1.807) is 0 Å². The van der Waals surface area contributed by atoms with Gasteiger partial charge in [-0.2, -0.15) is 0 Å². The van der Waals surface area contributed by atoms with Gasteiger partial charge in [-0.1, -0.05) is 37.8 Å². The molecule has 0 amide bonds. The molecule has 0 heterocycles. The molecule has 0 aliphatic heterocycles. The third-order valence-corrected chi connectivity index (χ3v) is 7.66. The Morgan fingerprint density at radius 3 is 1.84 bits per heavy atom. The van der Waals surface area contributed by atoms with Gasteiger partial charge in [0.15, 0.2) is 17.5 Å². The zero-order chi connectivity index (χ0) is 22.1. The maximum atomic E-state index is 13.5. The molecule has 3 rings (SSSR count). The van der Waals surface area contributed by atoms with E-state index in [-0.39, 0.29) is 12.6 Å². The van der Waals surface area contributed by atoms with Gasteiger partial charge in [-0.25, -0.2) is 13.2 Å². The van der Waals surface area contributed by atoms with Crippen LogP contribution >= 0.6 is 0 Å². The molecule has 0 unspecified atom stereocenters. The number of hydrogen-bond donors (Lipinski definition) is 0. The Labute approximate surface area is 185 Å². The normalized spacial score (nSPS) is 27.1. The second-order valence-electron chi connectivity index (χ2n) is 9.87. The van der Waals surface area contributed by atoms with Gasteiger partial charge >= 0.3 is 0 Å². The Morgan fingerprint density at radius 1 is 0.710 bits per heavy atom. The van der Waals surface area contributed by atoms with Crippen LogP contribution in [0.25, 0.3) is 0 Å². The van der Waals surface area contributed by atoms with Gasteiger partial charge in [-0.05, 0) is 106 Å². The maximum absolute atomic E-state index is 13.5. The van der Waals surface area contributed by atoms with Crippen molar-refractivity contribution in [3.8, 4) is 0 Å². The zero-order valence-corrected chi connectivity index (χ0v) is 18.7. The minimum Gasteiger partial charge on any atom is -0.251 e. The summed E-state index contributed by atoms with van der Waals surface area (Å²) in [7, 11) is 0. The van der Waals surface area contributed by atoms with Crippen LogP contribution in [0.3, 0.4) is 0 Å². The smallest absolute Gasteiger partial charge is 0.194 e. The molecular weight excluding hydrogens is 400 g/mol. The quantitative estimate of drug-likeness (QED) is 0.148. The third-order valence-electron chi connectivity index (χ3n) is 7.66. The Bertz CT molecular complexity index is 659. The average Bonchev–Trinajstić information content (AvgIpc) is 2.79. The topological polar surface area (TPSA) is 0 Å². The van der Waals surface area contributed by atoms with Crippen molar-refractivity contribution >= 4 is 0 Å². The summed E-state index contributed by atoms with van der Waals surface area (Å²) in [5, 5.41) is 0. The van der Waals surface area contributed by atoms with Crippen molar-refractivity contribution < 1.29 is 17.6 Å². The van der Waals surface area contributed by atoms with E-state index < -0.39 is 17.5 Å². The van der Waals surface area contributed by atoms with Crippen molar-refractivity contribution in [2.75, 3.05) is 6.67 Å². The predicted octanol–water partition coefficient (Wildman–Crippen LogP) is 9.05. The molecule has 2 aliphatic carbocycles. The fraction of sp³-hybridized carbons (Fsp3) is 0.704. The minimum atomic E-state index is -1.36. The minimum absolute atomic E-state index is 0.154. The molecule has 0 nitrogen and oxygen atoms in total. The Hall–Kier alpha value is -1.32. The highest BCUT2D eigenvalue weighted by Gasteiger charge is 2.26. The number of unbranched alkanes of at least 4 members (excludes halogenated alkanes) is 2. The largest absolute Gasteiger partial charge is 0.251 e. The molecule has 0 N–H and O–H groups in total. The van der Waals surface area contributed by atoms with E-state index in [4.69, 9.17) is 0 Å². The molecule has 0 saturated heterocycles. The van der Waals surface area contributed by atoms with Crippen LogP contribution in [-0.2, 0) is 0 Å². The number of rotatable bonds is 10. The van der Waals surface area contributed by atoms with Crippen molar-refractivity contribution in [2.24, 2.45) is 17.8 Å². The molecule has 2 aliphatic rings. The molecule has 0 spiro atoms. The molecular formula is C27H38F4. The molecule has 0 bridgehead atoms. The summed E-state index contributed by atoms with van der Waals surface area (Å²) in [6.07, 6.45) is 20.4. The summed E-state index contributed by atoms with van der Waals surface area (Å²) in [5.41, 5.74) is 0.615. The van der Waals surface area contributed by atoms with Gasteiger partial charge in [0.05, 0.1) is 6.67 Å². The summed E-state index contributed by atoms with van der Waals surface area (Å²) in [4.78, 5) is 0. The standard InChI is InChI=1S/C27H38F4/c28-17-5-3-1-2-4-6-20-7-9-21(10-8-20)11-12-22-13-15-23(16-14-22)24-18-25(29)27(31)26(30)19-24/h2,4,18-23H,1,3,5-17H2/t20-,21-,22-,23-. The first-order chi connectivity index (χ1) is 15.1.